The van der Waals surface area contributed by atoms with Crippen molar-refractivity contribution < 1.29 is 27.8 Å². The summed E-state index contributed by atoms with van der Waals surface area (Å²) < 4.78 is 35.5. The van der Waals surface area contributed by atoms with E-state index in [1.807, 2.05) is 24.3 Å². The molecule has 2 aromatic rings. The SMILES string of the molecule is COC(=O)CC1(CN2CC(C(=O)Nc3ccc(C)nc3OC(F)F)(c3ccccc3C(C)C)C2)CC1. The Morgan fingerprint density at radius 2 is 1.83 bits per heavy atom. The largest absolute Gasteiger partial charge is 0.469 e. The zero-order valence-corrected chi connectivity index (χ0v) is 21.1. The molecule has 194 valence electrons. The number of rotatable bonds is 10. The van der Waals surface area contributed by atoms with Crippen molar-refractivity contribution in [2.24, 2.45) is 5.41 Å². The van der Waals surface area contributed by atoms with E-state index in [1.54, 1.807) is 13.0 Å². The molecule has 2 heterocycles. The number of aryl methyl sites for hydroxylation is 1. The molecular weight excluding hydrogens is 468 g/mol. The molecule has 1 saturated heterocycles. The summed E-state index contributed by atoms with van der Waals surface area (Å²) in [5.41, 5.74) is 1.60. The Kier molecular flexibility index (Phi) is 7.31. The molecule has 0 unspecified atom stereocenters. The number of halogens is 2. The molecule has 1 aromatic heterocycles. The van der Waals surface area contributed by atoms with Crippen LogP contribution in [0.25, 0.3) is 0 Å². The average Bonchev–Trinajstić information content (AvgIpc) is 3.56. The molecule has 2 aliphatic rings. The van der Waals surface area contributed by atoms with Gasteiger partial charge in [-0.3, -0.25) is 14.5 Å². The van der Waals surface area contributed by atoms with Crippen LogP contribution in [0.1, 0.15) is 55.8 Å². The van der Waals surface area contributed by atoms with Crippen LogP contribution in [0.15, 0.2) is 36.4 Å². The Morgan fingerprint density at radius 1 is 1.14 bits per heavy atom. The summed E-state index contributed by atoms with van der Waals surface area (Å²) in [6.07, 6.45) is 2.26. The van der Waals surface area contributed by atoms with Crippen molar-refractivity contribution in [3.8, 4) is 5.88 Å². The van der Waals surface area contributed by atoms with Gasteiger partial charge >= 0.3 is 12.6 Å². The van der Waals surface area contributed by atoms with Gasteiger partial charge in [-0.25, -0.2) is 4.98 Å². The minimum absolute atomic E-state index is 0.105. The number of nitrogens with zero attached hydrogens (tertiary/aromatic N) is 2. The van der Waals surface area contributed by atoms with Gasteiger partial charge in [-0.15, -0.1) is 0 Å². The van der Waals surface area contributed by atoms with Crippen LogP contribution in [0, 0.1) is 12.3 Å². The van der Waals surface area contributed by atoms with E-state index in [9.17, 15) is 18.4 Å². The monoisotopic (exact) mass is 501 g/mol. The van der Waals surface area contributed by atoms with E-state index in [-0.39, 0.29) is 34.8 Å². The van der Waals surface area contributed by atoms with E-state index in [2.05, 4.69) is 33.8 Å². The van der Waals surface area contributed by atoms with Crippen molar-refractivity contribution in [2.45, 2.75) is 58.0 Å². The highest BCUT2D eigenvalue weighted by Gasteiger charge is 2.55. The van der Waals surface area contributed by atoms with Crippen molar-refractivity contribution in [3.05, 3.63) is 53.2 Å². The molecule has 1 aromatic carbocycles. The van der Waals surface area contributed by atoms with Crippen molar-refractivity contribution in [3.63, 3.8) is 0 Å². The lowest BCUT2D eigenvalue weighted by molar-refractivity contribution is -0.143. The molecule has 7 nitrogen and oxygen atoms in total. The van der Waals surface area contributed by atoms with Gasteiger partial charge in [-0.1, -0.05) is 38.1 Å². The lowest BCUT2D eigenvalue weighted by Crippen LogP contribution is -2.66. The Morgan fingerprint density at radius 3 is 2.44 bits per heavy atom. The summed E-state index contributed by atoms with van der Waals surface area (Å²) in [6, 6.07) is 11.0. The number of methoxy groups -OCH3 is 1. The highest BCUT2D eigenvalue weighted by Crippen LogP contribution is 2.52. The van der Waals surface area contributed by atoms with Gasteiger partial charge in [0.1, 0.15) is 5.69 Å². The van der Waals surface area contributed by atoms with Crippen LogP contribution in [-0.4, -0.2) is 55.1 Å². The number of pyridine rings is 1. The van der Waals surface area contributed by atoms with Crippen molar-refractivity contribution >= 4 is 17.6 Å². The first-order valence-electron chi connectivity index (χ1n) is 12.2. The third-order valence-electron chi connectivity index (χ3n) is 7.23. The molecule has 4 rings (SSSR count). The summed E-state index contributed by atoms with van der Waals surface area (Å²) in [5.74, 6) is -0.639. The van der Waals surface area contributed by atoms with Gasteiger partial charge in [-0.05, 0) is 54.4 Å². The van der Waals surface area contributed by atoms with E-state index in [1.165, 1.54) is 13.2 Å². The Bertz CT molecular complexity index is 1130. The van der Waals surface area contributed by atoms with E-state index in [0.29, 0.717) is 31.7 Å². The number of esters is 1. The van der Waals surface area contributed by atoms with Crippen LogP contribution >= 0.6 is 0 Å². The van der Waals surface area contributed by atoms with Gasteiger partial charge in [0.05, 0.1) is 18.9 Å². The molecule has 1 aliphatic heterocycles. The van der Waals surface area contributed by atoms with Gasteiger partial charge < -0.3 is 14.8 Å². The summed E-state index contributed by atoms with van der Waals surface area (Å²) in [4.78, 5) is 32.0. The average molecular weight is 502 g/mol. The maximum atomic E-state index is 13.9. The summed E-state index contributed by atoms with van der Waals surface area (Å²) in [5, 5.41) is 2.83. The molecular formula is C27H33F2N3O4. The van der Waals surface area contributed by atoms with Crippen LogP contribution in [0.4, 0.5) is 14.5 Å². The molecule has 9 heteroatoms. The minimum Gasteiger partial charge on any atom is -0.469 e. The second-order valence-electron chi connectivity index (χ2n) is 10.4. The van der Waals surface area contributed by atoms with Gasteiger partial charge in [0, 0.05) is 25.3 Å². The second kappa shape index (κ2) is 10.1. The highest BCUT2D eigenvalue weighted by atomic mass is 19.3. The highest BCUT2D eigenvalue weighted by molar-refractivity contribution is 6.01. The number of ether oxygens (including phenoxy) is 2. The summed E-state index contributed by atoms with van der Waals surface area (Å²) in [7, 11) is 1.40. The number of likely N-dealkylation sites (tertiary alicyclic amines) is 1. The fraction of sp³-hybridized carbons (Fsp3) is 0.519. The number of amides is 1. The molecule has 1 amide bonds. The van der Waals surface area contributed by atoms with Crippen LogP contribution in [-0.2, 0) is 19.7 Å². The zero-order valence-electron chi connectivity index (χ0n) is 21.1. The Balaban J connectivity index is 1.62. The number of alkyl halides is 2. The number of carbonyl (C=O) groups is 2. The van der Waals surface area contributed by atoms with E-state index < -0.39 is 12.0 Å². The second-order valence-corrected chi connectivity index (χ2v) is 10.4. The summed E-state index contributed by atoms with van der Waals surface area (Å²) in [6.45, 7) is 4.37. The first-order valence-corrected chi connectivity index (χ1v) is 12.2. The standard InChI is InChI=1S/C27H33F2N3O4/c1-17(2)19-7-5-6-8-20(19)27(15-32(16-27)14-26(11-12-26)13-22(33)35-4)24(34)31-21-10-9-18(3)30-23(21)36-25(28)29/h5-10,17,25H,11-16H2,1-4H3,(H,31,34). The Labute approximate surface area is 210 Å². The maximum absolute atomic E-state index is 13.9. The minimum atomic E-state index is -3.06. The molecule has 1 aliphatic carbocycles. The zero-order chi connectivity index (χ0) is 26.1. The molecule has 0 spiro atoms. The topological polar surface area (TPSA) is 80.8 Å². The molecule has 0 radical (unpaired) electrons. The third kappa shape index (κ3) is 5.36. The van der Waals surface area contributed by atoms with Crippen molar-refractivity contribution in [2.75, 3.05) is 32.1 Å². The van der Waals surface area contributed by atoms with E-state index in [0.717, 1.165) is 24.0 Å². The number of anilines is 1. The predicted octanol–water partition coefficient (Wildman–Crippen LogP) is 4.65. The van der Waals surface area contributed by atoms with Crippen molar-refractivity contribution in [1.82, 2.24) is 9.88 Å². The Hall–Kier alpha value is -3.07. The van der Waals surface area contributed by atoms with Crippen LogP contribution in [0.5, 0.6) is 5.88 Å². The molecule has 1 saturated carbocycles. The maximum Gasteiger partial charge on any atom is 0.388 e. The van der Waals surface area contributed by atoms with Gasteiger partial charge in [0.2, 0.25) is 11.8 Å². The lowest BCUT2D eigenvalue weighted by Gasteiger charge is -2.51. The fourth-order valence-corrected chi connectivity index (χ4v) is 5.17. The number of hydrogen-bond donors (Lipinski definition) is 1. The fourth-order valence-electron chi connectivity index (χ4n) is 5.17. The van der Waals surface area contributed by atoms with Gasteiger partial charge in [0.25, 0.3) is 0 Å². The normalized spacial score (nSPS) is 18.0. The quantitative estimate of drug-likeness (QED) is 0.478. The molecule has 0 atom stereocenters. The third-order valence-corrected chi connectivity index (χ3v) is 7.23. The van der Waals surface area contributed by atoms with E-state index >= 15 is 0 Å². The first-order chi connectivity index (χ1) is 17.1. The van der Waals surface area contributed by atoms with Gasteiger partial charge in [-0.2, -0.15) is 8.78 Å². The number of hydrogen-bond acceptors (Lipinski definition) is 6. The van der Waals surface area contributed by atoms with Crippen molar-refractivity contribution in [1.29, 1.82) is 0 Å². The number of aromatic nitrogens is 1. The first kappa shape index (κ1) is 26.0. The van der Waals surface area contributed by atoms with Crippen LogP contribution in [0.2, 0.25) is 0 Å². The van der Waals surface area contributed by atoms with Gasteiger partial charge in [0.15, 0.2) is 0 Å². The number of benzene rings is 1. The summed E-state index contributed by atoms with van der Waals surface area (Å²) >= 11 is 0. The smallest absolute Gasteiger partial charge is 0.388 e. The van der Waals surface area contributed by atoms with E-state index in [4.69, 9.17) is 4.74 Å². The molecule has 0 bridgehead atoms. The number of nitrogens with one attached hydrogen (secondary N) is 1. The lowest BCUT2D eigenvalue weighted by atomic mass is 9.69. The van der Waals surface area contributed by atoms with Crippen LogP contribution in [0.3, 0.4) is 0 Å². The number of carbonyl (C=O) groups excluding carboxylic acids is 2. The molecule has 1 N–H and O–H groups in total. The van der Waals surface area contributed by atoms with Crippen LogP contribution < -0.4 is 10.1 Å². The predicted molar refractivity (Wildman–Crippen MR) is 131 cm³/mol. The molecule has 2 fully saturated rings. The molecule has 36 heavy (non-hydrogen) atoms.